The maximum atomic E-state index is 11.6. The van der Waals surface area contributed by atoms with Crippen LogP contribution in [0.1, 0.15) is 34.6 Å². The Kier molecular flexibility index (Phi) is 6.08. The molecule has 0 aromatic heterocycles. The van der Waals surface area contributed by atoms with Gasteiger partial charge in [-0.3, -0.25) is 4.84 Å². The molecule has 0 aromatic rings. The molecule has 19 heavy (non-hydrogen) atoms. The van der Waals surface area contributed by atoms with Gasteiger partial charge in [0.05, 0.1) is 12.6 Å². The van der Waals surface area contributed by atoms with E-state index < -0.39 is 23.3 Å². The van der Waals surface area contributed by atoms with E-state index in [9.17, 15) is 9.59 Å². The Bertz CT molecular complexity index is 323. The molecule has 0 unspecified atom stereocenters. The molecule has 2 amide bonds. The van der Waals surface area contributed by atoms with Crippen LogP contribution in [-0.2, 0) is 14.3 Å². The molecular weight excluding hydrogens is 252 g/mol. The largest absolute Gasteiger partial charge is 0.445 e. The Morgan fingerprint density at radius 1 is 1.16 bits per heavy atom. The van der Waals surface area contributed by atoms with Crippen molar-refractivity contribution in [3.63, 3.8) is 0 Å². The number of alkyl carbamates (subject to hydrolysis) is 1. The molecule has 0 aliphatic heterocycles. The van der Waals surface area contributed by atoms with Crippen LogP contribution >= 0.6 is 0 Å². The molecule has 0 heterocycles. The first-order valence-corrected chi connectivity index (χ1v) is 5.92. The van der Waals surface area contributed by atoms with E-state index in [1.54, 1.807) is 34.6 Å². The first-order chi connectivity index (χ1) is 8.47. The third-order valence-electron chi connectivity index (χ3n) is 1.93. The van der Waals surface area contributed by atoms with E-state index in [1.807, 2.05) is 0 Å². The SMILES string of the molecule is CON(C)C(=O)OCC(C)(C)NC(=O)OC(C)(C)C. The van der Waals surface area contributed by atoms with Crippen molar-refractivity contribution in [1.29, 1.82) is 0 Å². The summed E-state index contributed by atoms with van der Waals surface area (Å²) in [5.41, 5.74) is -1.32. The van der Waals surface area contributed by atoms with Gasteiger partial charge in [-0.1, -0.05) is 0 Å². The highest BCUT2D eigenvalue weighted by molar-refractivity contribution is 5.69. The Balaban J connectivity index is 4.25. The van der Waals surface area contributed by atoms with E-state index in [2.05, 4.69) is 10.2 Å². The summed E-state index contributed by atoms with van der Waals surface area (Å²) < 4.78 is 10.1. The highest BCUT2D eigenvalue weighted by Crippen LogP contribution is 2.10. The predicted octanol–water partition coefficient (Wildman–Crippen LogP) is 1.92. The molecule has 0 saturated heterocycles. The average molecular weight is 276 g/mol. The molecule has 7 nitrogen and oxygen atoms in total. The fourth-order valence-electron chi connectivity index (χ4n) is 1.02. The minimum atomic E-state index is -0.743. The number of ether oxygens (including phenoxy) is 2. The van der Waals surface area contributed by atoms with Crippen molar-refractivity contribution in [3.05, 3.63) is 0 Å². The third-order valence-corrected chi connectivity index (χ3v) is 1.93. The topological polar surface area (TPSA) is 77.1 Å². The maximum Gasteiger partial charge on any atom is 0.433 e. The number of hydrogen-bond acceptors (Lipinski definition) is 5. The van der Waals surface area contributed by atoms with Gasteiger partial charge >= 0.3 is 12.2 Å². The summed E-state index contributed by atoms with van der Waals surface area (Å²) in [6, 6.07) is 0. The summed E-state index contributed by atoms with van der Waals surface area (Å²) in [7, 11) is 2.78. The fraction of sp³-hybridized carbons (Fsp3) is 0.833. The summed E-state index contributed by atoms with van der Waals surface area (Å²) in [6.45, 7) is 8.75. The average Bonchev–Trinajstić information content (AvgIpc) is 2.21. The van der Waals surface area contributed by atoms with E-state index in [0.717, 1.165) is 5.06 Å². The number of hydroxylamine groups is 2. The highest BCUT2D eigenvalue weighted by atomic mass is 16.7. The molecule has 0 saturated carbocycles. The summed E-state index contributed by atoms with van der Waals surface area (Å²) in [4.78, 5) is 27.6. The first-order valence-electron chi connectivity index (χ1n) is 5.92. The number of nitrogens with zero attached hydrogens (tertiary/aromatic N) is 1. The van der Waals surface area contributed by atoms with Crippen LogP contribution in [0.25, 0.3) is 0 Å². The van der Waals surface area contributed by atoms with Crippen LogP contribution < -0.4 is 5.32 Å². The summed E-state index contributed by atoms with van der Waals surface area (Å²) in [5, 5.41) is 3.58. The Labute approximate surface area is 114 Å². The molecule has 112 valence electrons. The number of rotatable bonds is 4. The fourth-order valence-corrected chi connectivity index (χ4v) is 1.02. The van der Waals surface area contributed by atoms with Crippen LogP contribution in [0.3, 0.4) is 0 Å². The Hall–Kier alpha value is -1.50. The van der Waals surface area contributed by atoms with Crippen molar-refractivity contribution in [2.45, 2.75) is 45.8 Å². The van der Waals surface area contributed by atoms with Crippen molar-refractivity contribution >= 4 is 12.2 Å². The number of nitrogens with one attached hydrogen (secondary N) is 1. The molecule has 0 bridgehead atoms. The van der Waals surface area contributed by atoms with Gasteiger partial charge in [-0.15, -0.1) is 0 Å². The molecule has 0 rings (SSSR count). The van der Waals surface area contributed by atoms with Gasteiger partial charge in [-0.25, -0.2) is 9.59 Å². The van der Waals surface area contributed by atoms with Gasteiger partial charge in [-0.2, -0.15) is 5.06 Å². The molecule has 0 aromatic carbocycles. The lowest BCUT2D eigenvalue weighted by molar-refractivity contribution is -0.0932. The van der Waals surface area contributed by atoms with E-state index >= 15 is 0 Å². The molecule has 1 N–H and O–H groups in total. The zero-order valence-electron chi connectivity index (χ0n) is 12.7. The van der Waals surface area contributed by atoms with E-state index in [1.165, 1.54) is 14.2 Å². The normalized spacial score (nSPS) is 11.7. The Morgan fingerprint density at radius 2 is 1.68 bits per heavy atom. The van der Waals surface area contributed by atoms with E-state index in [4.69, 9.17) is 9.47 Å². The maximum absolute atomic E-state index is 11.6. The molecule has 0 radical (unpaired) electrons. The van der Waals surface area contributed by atoms with Crippen molar-refractivity contribution in [2.75, 3.05) is 20.8 Å². The smallest absolute Gasteiger partial charge is 0.433 e. The quantitative estimate of drug-likeness (QED) is 0.794. The van der Waals surface area contributed by atoms with Crippen LogP contribution in [0.5, 0.6) is 0 Å². The minimum absolute atomic E-state index is 0.00121. The van der Waals surface area contributed by atoms with Crippen molar-refractivity contribution < 1.29 is 23.9 Å². The lowest BCUT2D eigenvalue weighted by Gasteiger charge is -2.28. The number of carbonyl (C=O) groups excluding carboxylic acids is 2. The zero-order valence-corrected chi connectivity index (χ0v) is 12.7. The standard InChI is InChI=1S/C12H24N2O5/c1-11(2,3)19-9(15)13-12(4,5)8-18-10(16)14(6)17-7/h8H2,1-7H3,(H,13,15). The van der Waals surface area contributed by atoms with Gasteiger partial charge in [-0.05, 0) is 34.6 Å². The van der Waals surface area contributed by atoms with Crippen molar-refractivity contribution in [1.82, 2.24) is 10.4 Å². The predicted molar refractivity (Wildman–Crippen MR) is 69.6 cm³/mol. The lowest BCUT2D eigenvalue weighted by atomic mass is 10.1. The second kappa shape index (κ2) is 6.60. The second-order valence-corrected chi connectivity index (χ2v) is 5.75. The molecule has 0 atom stereocenters. The number of amides is 2. The van der Waals surface area contributed by atoms with Crippen LogP contribution in [0.15, 0.2) is 0 Å². The van der Waals surface area contributed by atoms with Crippen LogP contribution in [0.4, 0.5) is 9.59 Å². The summed E-state index contributed by atoms with van der Waals surface area (Å²) >= 11 is 0. The molecule has 0 aliphatic rings. The van der Waals surface area contributed by atoms with Gasteiger partial charge in [0.1, 0.15) is 12.2 Å². The van der Waals surface area contributed by atoms with E-state index in [-0.39, 0.29) is 6.61 Å². The van der Waals surface area contributed by atoms with Gasteiger partial charge in [0.15, 0.2) is 0 Å². The van der Waals surface area contributed by atoms with Crippen LogP contribution in [-0.4, -0.2) is 49.2 Å². The Morgan fingerprint density at radius 3 is 2.11 bits per heavy atom. The third kappa shape index (κ3) is 8.25. The zero-order chi connectivity index (χ0) is 15.3. The molecule has 0 aliphatic carbocycles. The molecular formula is C12H24N2O5. The van der Waals surface area contributed by atoms with Gasteiger partial charge in [0, 0.05) is 7.05 Å². The molecule has 0 fully saturated rings. The summed E-state index contributed by atoms with van der Waals surface area (Å²) in [6.07, 6.45) is -1.20. The van der Waals surface area contributed by atoms with Crippen LogP contribution in [0.2, 0.25) is 0 Å². The van der Waals surface area contributed by atoms with Crippen LogP contribution in [0, 0.1) is 0 Å². The van der Waals surface area contributed by atoms with Crippen molar-refractivity contribution in [2.24, 2.45) is 0 Å². The van der Waals surface area contributed by atoms with Gasteiger partial charge in [0.2, 0.25) is 0 Å². The number of hydrogen-bond donors (Lipinski definition) is 1. The lowest BCUT2D eigenvalue weighted by Crippen LogP contribution is -2.49. The van der Waals surface area contributed by atoms with Gasteiger partial charge < -0.3 is 14.8 Å². The minimum Gasteiger partial charge on any atom is -0.445 e. The first kappa shape index (κ1) is 17.5. The molecule has 0 spiro atoms. The van der Waals surface area contributed by atoms with E-state index in [0.29, 0.717) is 0 Å². The molecule has 7 heteroatoms. The monoisotopic (exact) mass is 276 g/mol. The second-order valence-electron chi connectivity index (χ2n) is 5.75. The van der Waals surface area contributed by atoms with Crippen molar-refractivity contribution in [3.8, 4) is 0 Å². The number of carbonyl (C=O) groups is 2. The summed E-state index contributed by atoms with van der Waals surface area (Å²) in [5.74, 6) is 0. The van der Waals surface area contributed by atoms with Gasteiger partial charge in [0.25, 0.3) is 0 Å². The highest BCUT2D eigenvalue weighted by Gasteiger charge is 2.26.